The predicted molar refractivity (Wildman–Crippen MR) is 130 cm³/mol. The number of allylic oxidation sites excluding steroid dienone is 1. The van der Waals surface area contributed by atoms with E-state index in [9.17, 15) is 0 Å². The van der Waals surface area contributed by atoms with Crippen LogP contribution in [-0.4, -0.2) is 6.61 Å². The molecule has 28 heavy (non-hydrogen) atoms. The minimum atomic E-state index is 0.642. The Labute approximate surface area is 180 Å². The number of hydrogen-bond donors (Lipinski definition) is 0. The van der Waals surface area contributed by atoms with E-state index in [-0.39, 0.29) is 0 Å². The maximum Gasteiger partial charge on any atom is 0.0918 e. The van der Waals surface area contributed by atoms with Crippen LogP contribution in [0, 0.1) is 11.8 Å². The molecule has 1 heteroatoms. The van der Waals surface area contributed by atoms with Crippen molar-refractivity contribution in [3.8, 4) is 0 Å². The number of rotatable bonds is 13. The normalized spacial score (nSPS) is 18.4. The molecule has 1 aliphatic rings. The van der Waals surface area contributed by atoms with Gasteiger partial charge in [0.15, 0.2) is 0 Å². The van der Waals surface area contributed by atoms with E-state index in [0.717, 1.165) is 18.3 Å². The number of hydrogen-bond acceptors (Lipinski definition) is 1. The largest absolute Gasteiger partial charge is 0.498 e. The summed E-state index contributed by atoms with van der Waals surface area (Å²) in [6.45, 7) is 18.2. The summed E-state index contributed by atoms with van der Waals surface area (Å²) in [6, 6.07) is 0. The Morgan fingerprint density at radius 1 is 0.679 bits per heavy atom. The summed E-state index contributed by atoms with van der Waals surface area (Å²) in [6.07, 6.45) is 21.5. The third-order valence-corrected chi connectivity index (χ3v) is 5.55. The summed E-state index contributed by atoms with van der Waals surface area (Å²) in [5, 5.41) is 0. The smallest absolute Gasteiger partial charge is 0.0918 e. The first-order chi connectivity index (χ1) is 13.6. The van der Waals surface area contributed by atoms with Gasteiger partial charge in [0.05, 0.1) is 12.4 Å². The molecular formula is C27H56O. The van der Waals surface area contributed by atoms with Crippen LogP contribution in [0.5, 0.6) is 0 Å². The van der Waals surface area contributed by atoms with E-state index in [0.29, 0.717) is 5.92 Å². The Hall–Kier alpha value is -0.460. The molecule has 1 aliphatic carbocycles. The molecular weight excluding hydrogens is 340 g/mol. The van der Waals surface area contributed by atoms with Crippen LogP contribution in [0.4, 0.5) is 0 Å². The van der Waals surface area contributed by atoms with Crippen molar-refractivity contribution < 1.29 is 4.74 Å². The lowest BCUT2D eigenvalue weighted by atomic mass is 9.79. The summed E-state index contributed by atoms with van der Waals surface area (Å²) < 4.78 is 5.90. The van der Waals surface area contributed by atoms with E-state index in [2.05, 4.69) is 48.1 Å². The van der Waals surface area contributed by atoms with E-state index in [4.69, 9.17) is 4.74 Å². The van der Waals surface area contributed by atoms with Gasteiger partial charge in [-0.05, 0) is 38.0 Å². The van der Waals surface area contributed by atoms with Crippen molar-refractivity contribution in [2.75, 3.05) is 6.61 Å². The fraction of sp³-hybridized carbons (Fsp3) is 0.926. The van der Waals surface area contributed by atoms with E-state index < -0.39 is 0 Å². The van der Waals surface area contributed by atoms with Crippen molar-refractivity contribution in [1.82, 2.24) is 0 Å². The van der Waals surface area contributed by atoms with E-state index in [1.54, 1.807) is 0 Å². The van der Waals surface area contributed by atoms with Crippen molar-refractivity contribution in [3.05, 3.63) is 12.3 Å². The average molecular weight is 397 g/mol. The summed E-state index contributed by atoms with van der Waals surface area (Å²) >= 11 is 0. The predicted octanol–water partition coefficient (Wildman–Crippen LogP) is 10.1. The Balaban J connectivity index is 0. The van der Waals surface area contributed by atoms with E-state index in [1.165, 1.54) is 103 Å². The first kappa shape index (κ1) is 29.7. The number of ether oxygens (including phenoxy) is 1. The summed E-state index contributed by atoms with van der Waals surface area (Å²) in [4.78, 5) is 0. The number of unbranched alkanes of at least 4 members (excludes halogenated alkanes) is 7. The molecule has 0 spiro atoms. The quantitative estimate of drug-likeness (QED) is 0.222. The SMILES string of the molecule is C=C(OCCCCCCC)C1CCC(CCCCC)CC1.CCC.CCCC. The zero-order valence-corrected chi connectivity index (χ0v) is 20.8. The van der Waals surface area contributed by atoms with Gasteiger partial charge in [-0.1, -0.05) is 119 Å². The standard InChI is InChI=1S/C20H38O.C4H10.C3H8/c1-4-6-8-9-11-17-21-18(3)20-15-13-19(14-16-20)12-10-7-5-2;1-3-4-2;1-3-2/h19-20H,3-17H2,1-2H3;3-4H2,1-2H3;3H2,1-2H3. The minimum absolute atomic E-state index is 0.642. The molecule has 0 atom stereocenters. The van der Waals surface area contributed by atoms with Crippen LogP contribution < -0.4 is 0 Å². The molecule has 0 bridgehead atoms. The van der Waals surface area contributed by atoms with Crippen LogP contribution in [0.15, 0.2) is 12.3 Å². The van der Waals surface area contributed by atoms with Crippen molar-refractivity contribution in [1.29, 1.82) is 0 Å². The summed E-state index contributed by atoms with van der Waals surface area (Å²) in [5.41, 5.74) is 0. The van der Waals surface area contributed by atoms with Crippen molar-refractivity contribution in [3.63, 3.8) is 0 Å². The minimum Gasteiger partial charge on any atom is -0.498 e. The molecule has 0 radical (unpaired) electrons. The van der Waals surface area contributed by atoms with E-state index >= 15 is 0 Å². The third kappa shape index (κ3) is 20.3. The molecule has 0 amide bonds. The van der Waals surface area contributed by atoms with Gasteiger partial charge in [-0.3, -0.25) is 0 Å². The monoisotopic (exact) mass is 396 g/mol. The Kier molecular flexibility index (Phi) is 26.1. The molecule has 1 rings (SSSR count). The van der Waals surface area contributed by atoms with Gasteiger partial charge in [-0.25, -0.2) is 0 Å². The van der Waals surface area contributed by atoms with Gasteiger partial charge in [-0.2, -0.15) is 0 Å². The zero-order chi connectivity index (χ0) is 21.5. The van der Waals surface area contributed by atoms with Crippen LogP contribution in [-0.2, 0) is 4.74 Å². The van der Waals surface area contributed by atoms with Gasteiger partial charge in [0.25, 0.3) is 0 Å². The molecule has 1 nitrogen and oxygen atoms in total. The Morgan fingerprint density at radius 3 is 1.68 bits per heavy atom. The molecule has 0 saturated heterocycles. The van der Waals surface area contributed by atoms with Crippen molar-refractivity contribution in [2.24, 2.45) is 11.8 Å². The van der Waals surface area contributed by atoms with Gasteiger partial charge in [0, 0.05) is 5.92 Å². The molecule has 0 heterocycles. The molecule has 170 valence electrons. The van der Waals surface area contributed by atoms with Crippen LogP contribution in [0.25, 0.3) is 0 Å². The zero-order valence-electron chi connectivity index (χ0n) is 20.8. The summed E-state index contributed by atoms with van der Waals surface area (Å²) in [5.74, 6) is 2.70. The van der Waals surface area contributed by atoms with E-state index in [1.807, 2.05) is 0 Å². The lowest BCUT2D eigenvalue weighted by molar-refractivity contribution is 0.145. The fourth-order valence-corrected chi connectivity index (χ4v) is 3.48. The molecule has 0 unspecified atom stereocenters. The highest BCUT2D eigenvalue weighted by molar-refractivity contribution is 4.93. The summed E-state index contributed by atoms with van der Waals surface area (Å²) in [7, 11) is 0. The second-order valence-electron chi connectivity index (χ2n) is 8.65. The van der Waals surface area contributed by atoms with Gasteiger partial charge in [0.1, 0.15) is 0 Å². The van der Waals surface area contributed by atoms with Crippen molar-refractivity contribution in [2.45, 2.75) is 144 Å². The second kappa shape index (κ2) is 24.6. The van der Waals surface area contributed by atoms with Gasteiger partial charge < -0.3 is 4.74 Å². The molecule has 0 aromatic carbocycles. The second-order valence-corrected chi connectivity index (χ2v) is 8.65. The molecule has 0 aliphatic heterocycles. The highest BCUT2D eigenvalue weighted by Gasteiger charge is 2.23. The van der Waals surface area contributed by atoms with Crippen LogP contribution in [0.1, 0.15) is 144 Å². The van der Waals surface area contributed by atoms with Gasteiger partial charge in [0.2, 0.25) is 0 Å². The average Bonchev–Trinajstić information content (AvgIpc) is 2.72. The molecule has 1 saturated carbocycles. The van der Waals surface area contributed by atoms with Crippen LogP contribution in [0.2, 0.25) is 0 Å². The molecule has 0 N–H and O–H groups in total. The van der Waals surface area contributed by atoms with Gasteiger partial charge in [-0.15, -0.1) is 0 Å². The van der Waals surface area contributed by atoms with Crippen LogP contribution >= 0.6 is 0 Å². The molecule has 1 fully saturated rings. The highest BCUT2D eigenvalue weighted by atomic mass is 16.5. The van der Waals surface area contributed by atoms with Crippen molar-refractivity contribution >= 4 is 0 Å². The maximum absolute atomic E-state index is 5.90. The lowest BCUT2D eigenvalue weighted by Crippen LogP contribution is -2.17. The van der Waals surface area contributed by atoms with Gasteiger partial charge >= 0.3 is 0 Å². The first-order valence-corrected chi connectivity index (χ1v) is 12.9. The Morgan fingerprint density at radius 2 is 1.18 bits per heavy atom. The molecule has 0 aromatic heterocycles. The van der Waals surface area contributed by atoms with Crippen LogP contribution in [0.3, 0.4) is 0 Å². The third-order valence-electron chi connectivity index (χ3n) is 5.55. The highest BCUT2D eigenvalue weighted by Crippen LogP contribution is 2.35. The maximum atomic E-state index is 5.90. The topological polar surface area (TPSA) is 9.23 Å². The Bertz CT molecular complexity index is 287. The lowest BCUT2D eigenvalue weighted by Gasteiger charge is -2.29. The molecule has 0 aromatic rings. The first-order valence-electron chi connectivity index (χ1n) is 12.9. The fourth-order valence-electron chi connectivity index (χ4n) is 3.48.